The zero-order chi connectivity index (χ0) is 12.3. The van der Waals surface area contributed by atoms with E-state index in [0.29, 0.717) is 6.42 Å². The minimum absolute atomic E-state index is 0. The minimum Gasteiger partial charge on any atom is -0.481 e. The molecule has 0 heterocycles. The summed E-state index contributed by atoms with van der Waals surface area (Å²) in [7, 11) is -3.71. The molecule has 0 unspecified atom stereocenters. The first-order chi connectivity index (χ1) is 6.79. The summed E-state index contributed by atoms with van der Waals surface area (Å²) in [5, 5.41) is 7.42. The number of aliphatic carboxylic acids is 1. The largest absolute Gasteiger partial charge is 0.481 e. The lowest BCUT2D eigenvalue weighted by Gasteiger charge is -1.96. The van der Waals surface area contributed by atoms with Crippen molar-refractivity contribution in [1.82, 2.24) is 12.3 Å². The summed E-state index contributed by atoms with van der Waals surface area (Å²) in [5.74, 6) is -0.920. The first-order valence-corrected chi connectivity index (χ1v) is 6.55. The highest BCUT2D eigenvalue weighted by Crippen LogP contribution is 2.03. The van der Waals surface area contributed by atoms with E-state index in [-0.39, 0.29) is 18.1 Å². The first-order valence-electron chi connectivity index (χ1n) is 4.94. The highest BCUT2D eigenvalue weighted by molar-refractivity contribution is 7.85. The molecule has 0 aromatic carbocycles. The van der Waals surface area contributed by atoms with Gasteiger partial charge < -0.3 is 17.4 Å². The quantitative estimate of drug-likeness (QED) is 0.426. The molecule has 0 aliphatic carbocycles. The van der Waals surface area contributed by atoms with Crippen LogP contribution in [0.1, 0.15) is 46.0 Å². The molecular formula is C9H26N2O5S. The third-order valence-corrected chi connectivity index (χ3v) is 2.31. The average molecular weight is 274 g/mol. The third kappa shape index (κ3) is 50.8. The molecule has 7 nitrogen and oxygen atoms in total. The predicted octanol–water partition coefficient (Wildman–Crippen LogP) is 2.26. The average Bonchev–Trinajstić information content (AvgIpc) is 2.01. The fourth-order valence-corrected chi connectivity index (χ4v) is 1.46. The molecule has 0 aromatic rings. The molecule has 0 spiro atoms. The van der Waals surface area contributed by atoms with Gasteiger partial charge in [-0.05, 0) is 6.42 Å². The lowest BCUT2D eigenvalue weighted by atomic mass is 10.2. The van der Waals surface area contributed by atoms with Crippen LogP contribution in [-0.2, 0) is 14.9 Å². The molecule has 8 heteroatoms. The maximum atomic E-state index is 10.2. The predicted molar refractivity (Wildman–Crippen MR) is 68.5 cm³/mol. The number of carboxylic acids is 1. The summed E-state index contributed by atoms with van der Waals surface area (Å²) in [6.07, 6.45) is 4.83. The first kappa shape index (κ1) is 25.2. The van der Waals surface area contributed by atoms with Crippen LogP contribution >= 0.6 is 0 Å². The van der Waals surface area contributed by atoms with E-state index in [1.807, 2.05) is 0 Å². The van der Waals surface area contributed by atoms with Gasteiger partial charge in [0.2, 0.25) is 0 Å². The summed E-state index contributed by atoms with van der Waals surface area (Å²) in [6, 6.07) is 0. The van der Waals surface area contributed by atoms with Crippen molar-refractivity contribution in [3.63, 3.8) is 0 Å². The topological polar surface area (TPSA) is 162 Å². The molecule has 0 aromatic heterocycles. The van der Waals surface area contributed by atoms with Gasteiger partial charge in [-0.3, -0.25) is 9.35 Å². The smallest absolute Gasteiger partial charge is 0.300 e. The van der Waals surface area contributed by atoms with Crippen molar-refractivity contribution in [3.8, 4) is 0 Å². The lowest BCUT2D eigenvalue weighted by molar-refractivity contribution is -0.134. The molecule has 0 atom stereocenters. The van der Waals surface area contributed by atoms with Gasteiger partial charge in [0.15, 0.2) is 0 Å². The van der Waals surface area contributed by atoms with Crippen molar-refractivity contribution in [2.75, 3.05) is 5.75 Å². The van der Waals surface area contributed by atoms with E-state index in [2.05, 4.69) is 6.92 Å². The summed E-state index contributed by atoms with van der Waals surface area (Å²) in [4.78, 5) is 9.00. The number of rotatable bonds is 6. The van der Waals surface area contributed by atoms with Crippen LogP contribution in [0.5, 0.6) is 0 Å². The minimum atomic E-state index is -3.71. The van der Waals surface area contributed by atoms with E-state index in [9.17, 15) is 8.42 Å². The molecule has 108 valence electrons. The Morgan fingerprint density at radius 1 is 1.06 bits per heavy atom. The summed E-state index contributed by atoms with van der Waals surface area (Å²) >= 11 is 0. The van der Waals surface area contributed by atoms with Crippen molar-refractivity contribution >= 4 is 16.1 Å². The fraction of sp³-hybridized carbons (Fsp3) is 0.889. The van der Waals surface area contributed by atoms with Crippen LogP contribution in [0.25, 0.3) is 0 Å². The van der Waals surface area contributed by atoms with E-state index < -0.39 is 16.1 Å². The fourth-order valence-electron chi connectivity index (χ4n) is 0.888. The molecule has 0 aliphatic rings. The van der Waals surface area contributed by atoms with Crippen LogP contribution < -0.4 is 12.3 Å². The molecule has 0 radical (unpaired) electrons. The van der Waals surface area contributed by atoms with Crippen molar-refractivity contribution in [2.24, 2.45) is 0 Å². The zero-order valence-electron chi connectivity index (χ0n) is 10.7. The van der Waals surface area contributed by atoms with Crippen LogP contribution in [0.4, 0.5) is 0 Å². The molecule has 0 aliphatic heterocycles. The zero-order valence-corrected chi connectivity index (χ0v) is 11.5. The van der Waals surface area contributed by atoms with Gasteiger partial charge in [0, 0.05) is 6.92 Å². The molecule has 0 fully saturated rings. The Morgan fingerprint density at radius 3 is 1.71 bits per heavy atom. The summed E-state index contributed by atoms with van der Waals surface area (Å²) in [6.45, 7) is 3.18. The van der Waals surface area contributed by atoms with Gasteiger partial charge in [-0.25, -0.2) is 0 Å². The van der Waals surface area contributed by atoms with Crippen LogP contribution in [0.15, 0.2) is 0 Å². The molecule has 0 saturated carbocycles. The van der Waals surface area contributed by atoms with E-state index in [4.69, 9.17) is 14.5 Å². The summed E-state index contributed by atoms with van der Waals surface area (Å²) in [5.41, 5.74) is 0. The molecule has 0 rings (SSSR count). The Labute approximate surface area is 104 Å². The molecule has 8 N–H and O–H groups in total. The van der Waals surface area contributed by atoms with Gasteiger partial charge in [-0.1, -0.05) is 32.6 Å². The Kier molecular flexibility index (Phi) is 22.7. The maximum Gasteiger partial charge on any atom is 0.300 e. The number of unbranched alkanes of at least 4 members (excludes halogenated alkanes) is 4. The molecule has 0 amide bonds. The van der Waals surface area contributed by atoms with E-state index in [1.54, 1.807) is 0 Å². The van der Waals surface area contributed by atoms with Crippen LogP contribution in [0.3, 0.4) is 0 Å². The van der Waals surface area contributed by atoms with Crippen molar-refractivity contribution in [2.45, 2.75) is 46.0 Å². The Bertz CT molecular complexity index is 250. The maximum absolute atomic E-state index is 10.2. The molecule has 0 saturated heterocycles. The lowest BCUT2D eigenvalue weighted by Crippen LogP contribution is -2.03. The van der Waals surface area contributed by atoms with Crippen LogP contribution in [-0.4, -0.2) is 29.8 Å². The SMILES string of the molecule is CC(=O)O.CCCCCCCS(=O)(=O)O.N.N. The third-order valence-electron chi connectivity index (χ3n) is 1.51. The monoisotopic (exact) mass is 274 g/mol. The van der Waals surface area contributed by atoms with Crippen molar-refractivity contribution in [3.05, 3.63) is 0 Å². The van der Waals surface area contributed by atoms with Gasteiger partial charge in [-0.2, -0.15) is 8.42 Å². The molecule has 17 heavy (non-hydrogen) atoms. The Balaban J connectivity index is -0.000000123. The number of carbonyl (C=O) groups is 1. The highest BCUT2D eigenvalue weighted by atomic mass is 32.2. The van der Waals surface area contributed by atoms with Gasteiger partial charge >= 0.3 is 0 Å². The standard InChI is InChI=1S/C7H16O3S.C2H4O2.2H3N/c1-2-3-4-5-6-7-11(8,9)10;1-2(3)4;;/h2-7H2,1H3,(H,8,9,10);1H3,(H,3,4);2*1H3. The molecule has 0 bridgehead atoms. The Hall–Kier alpha value is -0.700. The van der Waals surface area contributed by atoms with Gasteiger partial charge in [-0.15, -0.1) is 0 Å². The highest BCUT2D eigenvalue weighted by Gasteiger charge is 2.02. The van der Waals surface area contributed by atoms with Crippen LogP contribution in [0, 0.1) is 0 Å². The second kappa shape index (κ2) is 15.3. The number of hydrogen-bond acceptors (Lipinski definition) is 5. The normalized spacial score (nSPS) is 9.12. The number of hydrogen-bond donors (Lipinski definition) is 4. The van der Waals surface area contributed by atoms with Gasteiger partial charge in [0.1, 0.15) is 0 Å². The van der Waals surface area contributed by atoms with Gasteiger partial charge in [0.05, 0.1) is 5.75 Å². The van der Waals surface area contributed by atoms with E-state index in [0.717, 1.165) is 32.6 Å². The second-order valence-corrected chi connectivity index (χ2v) is 4.79. The molecular weight excluding hydrogens is 248 g/mol. The number of carboxylic acid groups (broad SMARTS) is 1. The van der Waals surface area contributed by atoms with Crippen molar-refractivity contribution < 1.29 is 22.9 Å². The summed E-state index contributed by atoms with van der Waals surface area (Å²) < 4.78 is 28.8. The van der Waals surface area contributed by atoms with E-state index >= 15 is 0 Å². The second-order valence-electron chi connectivity index (χ2n) is 3.22. The van der Waals surface area contributed by atoms with E-state index in [1.165, 1.54) is 0 Å². The van der Waals surface area contributed by atoms with Gasteiger partial charge in [0.25, 0.3) is 16.1 Å². The van der Waals surface area contributed by atoms with Crippen molar-refractivity contribution in [1.29, 1.82) is 0 Å². The van der Waals surface area contributed by atoms with Crippen LogP contribution in [0.2, 0.25) is 0 Å². The Morgan fingerprint density at radius 2 is 1.41 bits per heavy atom.